The molecule has 1 fully saturated rings. The third-order valence-electron chi connectivity index (χ3n) is 4.23. The van der Waals surface area contributed by atoms with Gasteiger partial charge in [0.05, 0.1) is 6.10 Å². The van der Waals surface area contributed by atoms with Crippen molar-refractivity contribution in [3.63, 3.8) is 0 Å². The smallest absolute Gasteiger partial charge is 0.255 e. The van der Waals surface area contributed by atoms with Crippen LogP contribution in [0.5, 0.6) is 0 Å². The Labute approximate surface area is 136 Å². The molecule has 2 heterocycles. The van der Waals surface area contributed by atoms with Gasteiger partial charge in [-0.25, -0.2) is 0 Å². The van der Waals surface area contributed by atoms with Crippen molar-refractivity contribution in [3.05, 3.63) is 53.9 Å². The van der Waals surface area contributed by atoms with E-state index in [0.29, 0.717) is 5.56 Å². The zero-order chi connectivity index (χ0) is 16.2. The van der Waals surface area contributed by atoms with Crippen LogP contribution in [0.2, 0.25) is 0 Å². The second kappa shape index (κ2) is 6.79. The van der Waals surface area contributed by atoms with Crippen molar-refractivity contribution in [1.29, 1.82) is 0 Å². The highest BCUT2D eigenvalue weighted by Crippen LogP contribution is 2.21. The van der Waals surface area contributed by atoms with Crippen molar-refractivity contribution in [2.24, 2.45) is 0 Å². The number of carbonyl (C=O) groups is 1. The van der Waals surface area contributed by atoms with Crippen molar-refractivity contribution in [3.8, 4) is 0 Å². The topological polar surface area (TPSA) is 65.5 Å². The van der Waals surface area contributed by atoms with Crippen LogP contribution >= 0.6 is 0 Å². The van der Waals surface area contributed by atoms with Crippen LogP contribution in [-0.4, -0.2) is 35.2 Å². The molecule has 1 aromatic heterocycles. The van der Waals surface area contributed by atoms with Crippen molar-refractivity contribution in [1.82, 2.24) is 4.98 Å². The lowest BCUT2D eigenvalue weighted by atomic mass is 10.1. The highest BCUT2D eigenvalue weighted by atomic mass is 16.3. The molecular formula is C18H21N3O2. The predicted octanol–water partition coefficient (Wildman–Crippen LogP) is 2.60. The summed E-state index contributed by atoms with van der Waals surface area (Å²) in [5, 5.41) is 12.5. The molecule has 3 rings (SSSR count). The molecule has 120 valence electrons. The maximum atomic E-state index is 12.3. The molecule has 1 saturated heterocycles. The van der Waals surface area contributed by atoms with Gasteiger partial charge in [-0.05, 0) is 55.7 Å². The van der Waals surface area contributed by atoms with Gasteiger partial charge in [-0.3, -0.25) is 9.78 Å². The number of rotatable bonds is 3. The molecule has 0 atom stereocenters. The Morgan fingerprint density at radius 2 is 1.91 bits per heavy atom. The Hall–Kier alpha value is -2.40. The number of benzene rings is 1. The molecular weight excluding hydrogens is 290 g/mol. The van der Waals surface area contributed by atoms with Gasteiger partial charge in [0.1, 0.15) is 0 Å². The number of hydrogen-bond acceptors (Lipinski definition) is 4. The molecule has 23 heavy (non-hydrogen) atoms. The first-order valence-corrected chi connectivity index (χ1v) is 7.88. The van der Waals surface area contributed by atoms with Gasteiger partial charge in [0.25, 0.3) is 5.91 Å². The zero-order valence-corrected chi connectivity index (χ0v) is 13.2. The Morgan fingerprint density at radius 1 is 1.22 bits per heavy atom. The van der Waals surface area contributed by atoms with Crippen LogP contribution in [0.25, 0.3) is 0 Å². The minimum Gasteiger partial charge on any atom is -0.393 e. The van der Waals surface area contributed by atoms with Gasteiger partial charge in [0.15, 0.2) is 0 Å². The lowest BCUT2D eigenvalue weighted by Gasteiger charge is -2.31. The van der Waals surface area contributed by atoms with Crippen LogP contribution < -0.4 is 10.2 Å². The summed E-state index contributed by atoms with van der Waals surface area (Å²) >= 11 is 0. The summed E-state index contributed by atoms with van der Waals surface area (Å²) < 4.78 is 0. The number of aryl methyl sites for hydroxylation is 1. The molecule has 5 nitrogen and oxygen atoms in total. The fraction of sp³-hybridized carbons (Fsp3) is 0.333. The van der Waals surface area contributed by atoms with E-state index in [4.69, 9.17) is 0 Å². The molecule has 0 bridgehead atoms. The Kier molecular flexibility index (Phi) is 4.57. The number of aromatic nitrogens is 1. The van der Waals surface area contributed by atoms with Crippen molar-refractivity contribution < 1.29 is 9.90 Å². The van der Waals surface area contributed by atoms with Crippen LogP contribution in [0.4, 0.5) is 11.4 Å². The SMILES string of the molecule is Cc1cnccc1NC(=O)c1ccc(N2CCC(O)CC2)cc1. The number of hydrogen-bond donors (Lipinski definition) is 2. The van der Waals surface area contributed by atoms with E-state index in [2.05, 4.69) is 15.2 Å². The molecule has 0 saturated carbocycles. The first kappa shape index (κ1) is 15.5. The second-order valence-electron chi connectivity index (χ2n) is 5.91. The standard InChI is InChI=1S/C18H21N3O2/c1-13-12-19-9-6-17(13)20-18(23)14-2-4-15(5-3-14)21-10-7-16(22)8-11-21/h2-6,9,12,16,22H,7-8,10-11H2,1H3,(H,19,20,23). The second-order valence-corrected chi connectivity index (χ2v) is 5.91. The molecule has 1 aromatic carbocycles. The predicted molar refractivity (Wildman–Crippen MR) is 90.8 cm³/mol. The lowest BCUT2D eigenvalue weighted by Crippen LogP contribution is -2.35. The number of amides is 1. The number of anilines is 2. The Balaban J connectivity index is 1.67. The van der Waals surface area contributed by atoms with Crippen molar-refractivity contribution in [2.45, 2.75) is 25.9 Å². The van der Waals surface area contributed by atoms with Gasteiger partial charge in [-0.2, -0.15) is 0 Å². The molecule has 0 radical (unpaired) electrons. The van der Waals surface area contributed by atoms with Crippen LogP contribution in [0.3, 0.4) is 0 Å². The number of aliphatic hydroxyl groups is 1. The summed E-state index contributed by atoms with van der Waals surface area (Å²) in [6, 6.07) is 9.40. The highest BCUT2D eigenvalue weighted by Gasteiger charge is 2.17. The van der Waals surface area contributed by atoms with Gasteiger partial charge >= 0.3 is 0 Å². The van der Waals surface area contributed by atoms with E-state index in [-0.39, 0.29) is 12.0 Å². The first-order chi connectivity index (χ1) is 11.1. The quantitative estimate of drug-likeness (QED) is 0.914. The van der Waals surface area contributed by atoms with Gasteiger partial charge in [-0.15, -0.1) is 0 Å². The first-order valence-electron chi connectivity index (χ1n) is 7.88. The highest BCUT2D eigenvalue weighted by molar-refractivity contribution is 6.04. The minimum absolute atomic E-state index is 0.125. The molecule has 0 spiro atoms. The summed E-state index contributed by atoms with van der Waals surface area (Å²) in [7, 11) is 0. The van der Waals surface area contributed by atoms with Crippen molar-refractivity contribution >= 4 is 17.3 Å². The number of carbonyl (C=O) groups excluding carboxylic acids is 1. The number of nitrogens with zero attached hydrogens (tertiary/aromatic N) is 2. The fourth-order valence-electron chi connectivity index (χ4n) is 2.76. The van der Waals surface area contributed by atoms with Crippen LogP contribution in [-0.2, 0) is 0 Å². The normalized spacial score (nSPS) is 15.5. The van der Waals surface area contributed by atoms with E-state index < -0.39 is 0 Å². The summed E-state index contributed by atoms with van der Waals surface area (Å²) in [4.78, 5) is 18.6. The largest absolute Gasteiger partial charge is 0.393 e. The molecule has 5 heteroatoms. The average Bonchev–Trinajstić information content (AvgIpc) is 2.58. The average molecular weight is 311 g/mol. The molecule has 2 N–H and O–H groups in total. The lowest BCUT2D eigenvalue weighted by molar-refractivity contribution is 0.102. The molecule has 1 aliphatic rings. The molecule has 0 unspecified atom stereocenters. The van der Waals surface area contributed by atoms with Gasteiger partial charge in [0.2, 0.25) is 0 Å². The molecule has 2 aromatic rings. The third-order valence-corrected chi connectivity index (χ3v) is 4.23. The summed E-state index contributed by atoms with van der Waals surface area (Å²) in [6.45, 7) is 3.61. The van der Waals surface area contributed by atoms with Gasteiger partial charge in [-0.1, -0.05) is 0 Å². The van der Waals surface area contributed by atoms with E-state index >= 15 is 0 Å². The minimum atomic E-state index is -0.181. The van der Waals surface area contributed by atoms with E-state index in [0.717, 1.165) is 42.9 Å². The summed E-state index contributed by atoms with van der Waals surface area (Å²) in [6.07, 6.45) is 4.80. The number of piperidine rings is 1. The number of pyridine rings is 1. The van der Waals surface area contributed by atoms with Gasteiger partial charge < -0.3 is 15.3 Å². The number of nitrogens with one attached hydrogen (secondary N) is 1. The fourth-order valence-corrected chi connectivity index (χ4v) is 2.76. The maximum absolute atomic E-state index is 12.3. The third kappa shape index (κ3) is 3.68. The van der Waals surface area contributed by atoms with Crippen molar-refractivity contribution in [2.75, 3.05) is 23.3 Å². The maximum Gasteiger partial charge on any atom is 0.255 e. The van der Waals surface area contributed by atoms with Gasteiger partial charge in [0, 0.05) is 42.4 Å². The van der Waals surface area contributed by atoms with Crippen LogP contribution in [0.1, 0.15) is 28.8 Å². The Bertz CT molecular complexity index is 677. The molecule has 0 aliphatic carbocycles. The van der Waals surface area contributed by atoms with E-state index in [9.17, 15) is 9.90 Å². The summed E-state index contributed by atoms with van der Waals surface area (Å²) in [5.74, 6) is -0.125. The monoisotopic (exact) mass is 311 g/mol. The van der Waals surface area contributed by atoms with Crippen LogP contribution in [0, 0.1) is 6.92 Å². The molecule has 1 aliphatic heterocycles. The van der Waals surface area contributed by atoms with E-state index in [1.807, 2.05) is 31.2 Å². The summed E-state index contributed by atoms with van der Waals surface area (Å²) in [5.41, 5.74) is 3.43. The van der Waals surface area contributed by atoms with E-state index in [1.165, 1.54) is 0 Å². The Morgan fingerprint density at radius 3 is 2.57 bits per heavy atom. The molecule has 1 amide bonds. The van der Waals surface area contributed by atoms with E-state index in [1.54, 1.807) is 18.5 Å². The van der Waals surface area contributed by atoms with Crippen LogP contribution in [0.15, 0.2) is 42.7 Å². The zero-order valence-electron chi connectivity index (χ0n) is 13.2. The number of aliphatic hydroxyl groups excluding tert-OH is 1.